The first-order chi connectivity index (χ1) is 20.3. The van der Waals surface area contributed by atoms with Crippen LogP contribution in [0, 0.1) is 0 Å². The summed E-state index contributed by atoms with van der Waals surface area (Å²) >= 11 is 1.29. The maximum absolute atomic E-state index is 13.5. The number of pyridine rings is 1. The van der Waals surface area contributed by atoms with Gasteiger partial charge < -0.3 is 15.0 Å². The lowest BCUT2D eigenvalue weighted by Crippen LogP contribution is -2.38. The number of thioether (sulfide) groups is 1. The molecule has 2 aromatic carbocycles. The largest absolute Gasteiger partial charge is 0.463 e. The molecule has 0 bridgehead atoms. The lowest BCUT2D eigenvalue weighted by atomic mass is 9.91. The molecule has 0 fully saturated rings. The summed E-state index contributed by atoms with van der Waals surface area (Å²) in [5, 5.41) is 5.18. The highest BCUT2D eigenvalue weighted by molar-refractivity contribution is 8.16. The third kappa shape index (κ3) is 6.41. The van der Waals surface area contributed by atoms with Crippen molar-refractivity contribution in [3.05, 3.63) is 118 Å². The van der Waals surface area contributed by atoms with Gasteiger partial charge in [-0.2, -0.15) is 13.2 Å². The minimum Gasteiger partial charge on any atom is -0.463 e. The number of benzene rings is 2. The minimum atomic E-state index is -4.52. The third-order valence-corrected chi connectivity index (χ3v) is 7.57. The molecule has 7 nitrogen and oxygen atoms in total. The van der Waals surface area contributed by atoms with Gasteiger partial charge in [0, 0.05) is 36.1 Å². The molecule has 1 amide bonds. The van der Waals surface area contributed by atoms with Gasteiger partial charge in [-0.25, -0.2) is 9.79 Å². The number of rotatable bonds is 9. The zero-order valence-corrected chi connectivity index (χ0v) is 23.4. The van der Waals surface area contributed by atoms with E-state index in [2.05, 4.69) is 10.3 Å². The number of hydrogen-bond acceptors (Lipinski definition) is 7. The second kappa shape index (κ2) is 12.6. The number of alkyl halides is 3. The summed E-state index contributed by atoms with van der Waals surface area (Å²) in [5.74, 6) is -0.888. The van der Waals surface area contributed by atoms with Crippen molar-refractivity contribution in [2.24, 2.45) is 4.99 Å². The molecule has 0 saturated carbocycles. The van der Waals surface area contributed by atoms with E-state index in [4.69, 9.17) is 9.73 Å². The normalized spacial score (nSPS) is 16.5. The number of aliphatic imine (C=N–C) groups is 1. The Morgan fingerprint density at radius 2 is 1.76 bits per heavy atom. The molecule has 5 rings (SSSR count). The SMILES string of the molecule is CCOC(=O)C1=C(c2ccccc2)N=C2SC=C(CC(=O)NCCc3ccccn3)N2[C@@H]1c1ccc(C(F)(F)F)cc1. The van der Waals surface area contributed by atoms with Crippen LogP contribution in [0.4, 0.5) is 13.2 Å². The Balaban J connectivity index is 1.50. The molecule has 2 aliphatic heterocycles. The summed E-state index contributed by atoms with van der Waals surface area (Å²) in [5.41, 5.74) is 2.23. The number of nitrogens with one attached hydrogen (secondary N) is 1. The van der Waals surface area contributed by atoms with Crippen molar-refractivity contribution in [2.75, 3.05) is 13.2 Å². The van der Waals surface area contributed by atoms with Crippen LogP contribution in [0.3, 0.4) is 0 Å². The van der Waals surface area contributed by atoms with E-state index < -0.39 is 23.8 Å². The molecule has 0 radical (unpaired) electrons. The summed E-state index contributed by atoms with van der Waals surface area (Å²) in [6.45, 7) is 2.15. The number of amides is 1. The van der Waals surface area contributed by atoms with E-state index >= 15 is 0 Å². The van der Waals surface area contributed by atoms with Gasteiger partial charge in [-0.3, -0.25) is 9.78 Å². The molecule has 216 valence electrons. The average molecular weight is 593 g/mol. The highest BCUT2D eigenvalue weighted by Crippen LogP contribution is 2.47. The van der Waals surface area contributed by atoms with Crippen LogP contribution in [0.1, 0.15) is 41.8 Å². The molecule has 2 aliphatic rings. The molecule has 0 spiro atoms. The topological polar surface area (TPSA) is 83.9 Å². The molecule has 0 saturated heterocycles. The molecule has 0 unspecified atom stereocenters. The van der Waals surface area contributed by atoms with E-state index in [9.17, 15) is 22.8 Å². The van der Waals surface area contributed by atoms with Crippen LogP contribution in [0.15, 0.2) is 101 Å². The van der Waals surface area contributed by atoms with Crippen LogP contribution in [-0.2, 0) is 26.9 Å². The van der Waals surface area contributed by atoms with Crippen molar-refractivity contribution in [3.63, 3.8) is 0 Å². The van der Waals surface area contributed by atoms with Crippen LogP contribution >= 0.6 is 11.8 Å². The smallest absolute Gasteiger partial charge is 0.416 e. The lowest BCUT2D eigenvalue weighted by Gasteiger charge is -2.37. The number of carbonyl (C=O) groups excluding carboxylic acids is 2. The molecule has 42 heavy (non-hydrogen) atoms. The minimum absolute atomic E-state index is 0.0256. The second-order valence-electron chi connectivity index (χ2n) is 9.46. The molecule has 1 aromatic heterocycles. The van der Waals surface area contributed by atoms with Crippen molar-refractivity contribution < 1.29 is 27.5 Å². The highest BCUT2D eigenvalue weighted by Gasteiger charge is 2.42. The molecule has 11 heteroatoms. The fourth-order valence-electron chi connectivity index (χ4n) is 4.76. The number of esters is 1. The summed E-state index contributed by atoms with van der Waals surface area (Å²) in [7, 11) is 0. The first-order valence-electron chi connectivity index (χ1n) is 13.3. The first-order valence-corrected chi connectivity index (χ1v) is 14.2. The molecule has 3 aromatic rings. The number of fused-ring (bicyclic) bond motifs is 1. The number of hydrogen-bond donors (Lipinski definition) is 1. The van der Waals surface area contributed by atoms with Crippen molar-refractivity contribution in [1.29, 1.82) is 0 Å². The third-order valence-electron chi connectivity index (χ3n) is 6.68. The molecular formula is C31H27F3N4O3S. The maximum Gasteiger partial charge on any atom is 0.416 e. The van der Waals surface area contributed by atoms with Crippen molar-refractivity contribution in [3.8, 4) is 0 Å². The monoisotopic (exact) mass is 592 g/mol. The number of halogens is 3. The van der Waals surface area contributed by atoms with Crippen LogP contribution in [0.2, 0.25) is 0 Å². The van der Waals surface area contributed by atoms with Gasteiger partial charge in [0.2, 0.25) is 5.91 Å². The Bertz CT molecular complexity index is 1540. The van der Waals surface area contributed by atoms with Crippen molar-refractivity contribution in [2.45, 2.75) is 32.0 Å². The van der Waals surface area contributed by atoms with Gasteiger partial charge in [0.15, 0.2) is 5.17 Å². The fourth-order valence-corrected chi connectivity index (χ4v) is 5.68. The van der Waals surface area contributed by atoms with Gasteiger partial charge in [-0.15, -0.1) is 0 Å². The highest BCUT2D eigenvalue weighted by atomic mass is 32.2. The summed E-state index contributed by atoms with van der Waals surface area (Å²) < 4.78 is 45.7. The Morgan fingerprint density at radius 1 is 1.02 bits per heavy atom. The van der Waals surface area contributed by atoms with Crippen LogP contribution in [0.5, 0.6) is 0 Å². The average Bonchev–Trinajstić information content (AvgIpc) is 3.39. The predicted octanol–water partition coefficient (Wildman–Crippen LogP) is 6.12. The number of aromatic nitrogens is 1. The lowest BCUT2D eigenvalue weighted by molar-refractivity contribution is -0.139. The van der Waals surface area contributed by atoms with E-state index in [1.165, 1.54) is 23.9 Å². The second-order valence-corrected chi connectivity index (χ2v) is 10.3. The quantitative estimate of drug-likeness (QED) is 0.301. The molecular weight excluding hydrogens is 565 g/mol. The predicted molar refractivity (Wildman–Crippen MR) is 155 cm³/mol. The Kier molecular flexibility index (Phi) is 8.77. The van der Waals surface area contributed by atoms with E-state index in [1.807, 2.05) is 36.4 Å². The van der Waals surface area contributed by atoms with Gasteiger partial charge in [0.1, 0.15) is 0 Å². The van der Waals surface area contributed by atoms with Gasteiger partial charge in [0.25, 0.3) is 0 Å². The molecule has 1 N–H and O–H groups in total. The maximum atomic E-state index is 13.5. The van der Waals surface area contributed by atoms with Crippen LogP contribution in [-0.4, -0.2) is 40.1 Å². The standard InChI is InChI=1S/C31H27F3N4O3S/c1-2-41-29(40)26-27(20-8-4-3-5-9-20)37-30-38(28(26)21-11-13-22(14-12-21)31(32,33)34)24(19-42-30)18-25(39)36-17-15-23-10-6-7-16-35-23/h3-14,16,19,28H,2,15,17-18H2,1H3,(H,36,39)/t28-/m1/s1. The van der Waals surface area contributed by atoms with Gasteiger partial charge in [-0.05, 0) is 42.2 Å². The van der Waals surface area contributed by atoms with E-state index in [0.717, 1.165) is 17.8 Å². The van der Waals surface area contributed by atoms with Crippen molar-refractivity contribution >= 4 is 34.5 Å². The van der Waals surface area contributed by atoms with Gasteiger partial charge in [-0.1, -0.05) is 60.3 Å². The number of ether oxygens (including phenoxy) is 1. The summed E-state index contributed by atoms with van der Waals surface area (Å²) in [6.07, 6.45) is -2.30. The van der Waals surface area contributed by atoms with E-state index in [-0.39, 0.29) is 24.5 Å². The van der Waals surface area contributed by atoms with Crippen LogP contribution < -0.4 is 5.32 Å². The number of amidine groups is 1. The van der Waals surface area contributed by atoms with E-state index in [1.54, 1.807) is 35.6 Å². The van der Waals surface area contributed by atoms with Gasteiger partial charge >= 0.3 is 12.1 Å². The fraction of sp³-hybridized carbons (Fsp3) is 0.226. The Morgan fingerprint density at radius 3 is 2.43 bits per heavy atom. The first kappa shape index (κ1) is 29.1. The number of nitrogens with zero attached hydrogens (tertiary/aromatic N) is 3. The molecule has 0 aliphatic carbocycles. The zero-order valence-electron chi connectivity index (χ0n) is 22.6. The summed E-state index contributed by atoms with van der Waals surface area (Å²) in [6, 6.07) is 18.4. The molecule has 1 atom stereocenters. The van der Waals surface area contributed by atoms with E-state index in [0.29, 0.717) is 40.7 Å². The zero-order chi connectivity index (χ0) is 29.7. The summed E-state index contributed by atoms with van der Waals surface area (Å²) in [4.78, 5) is 37.3. The van der Waals surface area contributed by atoms with Gasteiger partial charge in [0.05, 0.1) is 35.9 Å². The van der Waals surface area contributed by atoms with Crippen molar-refractivity contribution in [1.82, 2.24) is 15.2 Å². The Hall–Kier alpha value is -4.38. The number of carbonyl (C=O) groups is 2. The Labute approximate surface area is 245 Å². The van der Waals surface area contributed by atoms with Crippen LogP contribution in [0.25, 0.3) is 5.70 Å². The molecule has 3 heterocycles.